The highest BCUT2D eigenvalue weighted by molar-refractivity contribution is 6.36. The predicted octanol–water partition coefficient (Wildman–Crippen LogP) is 3.82. The molecule has 2 N–H and O–H groups in total. The molecule has 1 amide bonds. The fourth-order valence-corrected chi connectivity index (χ4v) is 2.89. The minimum atomic E-state index is -0.145. The van der Waals surface area contributed by atoms with Crippen molar-refractivity contribution >= 4 is 35.1 Å². The number of nitrogen functional groups attached to an aromatic ring is 1. The van der Waals surface area contributed by atoms with Gasteiger partial charge >= 0.3 is 0 Å². The Kier molecular flexibility index (Phi) is 5.44. The molecule has 1 heterocycles. The number of hydrogen-bond donors (Lipinski definition) is 1. The van der Waals surface area contributed by atoms with E-state index in [1.54, 1.807) is 30.0 Å². The smallest absolute Gasteiger partial charge is 0.257 e. The van der Waals surface area contributed by atoms with E-state index in [-0.39, 0.29) is 11.9 Å². The molecule has 122 valence electrons. The van der Waals surface area contributed by atoms with Gasteiger partial charge < -0.3 is 10.6 Å². The molecule has 5 nitrogen and oxygen atoms in total. The van der Waals surface area contributed by atoms with Gasteiger partial charge in [0.1, 0.15) is 0 Å². The van der Waals surface area contributed by atoms with E-state index in [1.807, 2.05) is 13.8 Å². The summed E-state index contributed by atoms with van der Waals surface area (Å²) in [5, 5.41) is 0.915. The van der Waals surface area contributed by atoms with Gasteiger partial charge in [0.2, 0.25) is 5.95 Å². The van der Waals surface area contributed by atoms with Gasteiger partial charge in [-0.3, -0.25) is 4.79 Å². The van der Waals surface area contributed by atoms with Crippen LogP contribution in [0.1, 0.15) is 29.9 Å². The second kappa shape index (κ2) is 7.15. The number of rotatable bonds is 4. The van der Waals surface area contributed by atoms with Gasteiger partial charge in [0.05, 0.1) is 22.0 Å². The first-order valence-electron chi connectivity index (χ1n) is 7.27. The summed E-state index contributed by atoms with van der Waals surface area (Å²) in [6.45, 7) is 6.76. The van der Waals surface area contributed by atoms with Crippen LogP contribution in [0.5, 0.6) is 0 Å². The molecule has 0 spiro atoms. The van der Waals surface area contributed by atoms with Crippen LogP contribution in [0.4, 0.5) is 5.95 Å². The second-order valence-electron chi connectivity index (χ2n) is 4.99. The number of nitrogens with two attached hydrogens (primary N) is 1. The summed E-state index contributed by atoms with van der Waals surface area (Å²) in [4.78, 5) is 22.9. The molecular formula is C16H18Cl2N4O. The lowest BCUT2D eigenvalue weighted by Gasteiger charge is -2.21. The zero-order valence-electron chi connectivity index (χ0n) is 13.2. The molecule has 1 aromatic heterocycles. The third-order valence-corrected chi connectivity index (χ3v) is 4.11. The molecule has 0 saturated heterocycles. The van der Waals surface area contributed by atoms with Gasteiger partial charge in [-0.25, -0.2) is 9.97 Å². The molecule has 0 bridgehead atoms. The maximum absolute atomic E-state index is 12.8. The number of aromatic nitrogens is 2. The quantitative estimate of drug-likeness (QED) is 0.907. The molecular weight excluding hydrogens is 335 g/mol. The molecule has 7 heteroatoms. The van der Waals surface area contributed by atoms with Crippen LogP contribution in [-0.2, 0) is 0 Å². The van der Waals surface area contributed by atoms with Crippen LogP contribution in [0.3, 0.4) is 0 Å². The first-order valence-corrected chi connectivity index (χ1v) is 8.03. The molecule has 2 aromatic rings. The minimum Gasteiger partial charge on any atom is -0.368 e. The van der Waals surface area contributed by atoms with Crippen molar-refractivity contribution in [1.29, 1.82) is 0 Å². The van der Waals surface area contributed by atoms with Crippen LogP contribution < -0.4 is 5.73 Å². The zero-order valence-corrected chi connectivity index (χ0v) is 14.7. The van der Waals surface area contributed by atoms with Crippen LogP contribution in [0.15, 0.2) is 18.2 Å². The van der Waals surface area contributed by atoms with Crippen LogP contribution in [-0.4, -0.2) is 33.9 Å². The molecule has 23 heavy (non-hydrogen) atoms. The van der Waals surface area contributed by atoms with Crippen molar-refractivity contribution in [2.75, 3.05) is 18.8 Å². The molecule has 0 aliphatic heterocycles. The number of nitrogens with zero attached hydrogens (tertiary/aromatic N) is 3. The number of hydrogen-bond acceptors (Lipinski definition) is 4. The number of amides is 1. The van der Waals surface area contributed by atoms with Crippen molar-refractivity contribution in [3.63, 3.8) is 0 Å². The topological polar surface area (TPSA) is 72.1 Å². The predicted molar refractivity (Wildman–Crippen MR) is 93.9 cm³/mol. The fraction of sp³-hybridized carbons (Fsp3) is 0.312. The zero-order chi connectivity index (χ0) is 17.1. The summed E-state index contributed by atoms with van der Waals surface area (Å²) < 4.78 is 0. The third-order valence-electron chi connectivity index (χ3n) is 3.56. The molecule has 0 aliphatic carbocycles. The highest BCUT2D eigenvalue weighted by atomic mass is 35.5. The van der Waals surface area contributed by atoms with Gasteiger partial charge in [-0.2, -0.15) is 0 Å². The van der Waals surface area contributed by atoms with Crippen LogP contribution >= 0.6 is 23.2 Å². The number of aryl methyl sites for hydroxylation is 1. The number of carbonyl (C=O) groups excluding carboxylic acids is 1. The molecule has 1 aromatic carbocycles. The number of carbonyl (C=O) groups is 1. The average Bonchev–Trinajstić information content (AvgIpc) is 2.47. The van der Waals surface area contributed by atoms with Gasteiger partial charge in [0.25, 0.3) is 5.91 Å². The number of anilines is 1. The molecule has 0 saturated carbocycles. The van der Waals surface area contributed by atoms with Crippen molar-refractivity contribution in [2.45, 2.75) is 20.8 Å². The Morgan fingerprint density at radius 2 is 1.87 bits per heavy atom. The SMILES string of the molecule is CCN(CC)C(=O)c1c(C)nc(N)nc1-c1ccc(Cl)cc1Cl. The van der Waals surface area contributed by atoms with E-state index in [4.69, 9.17) is 28.9 Å². The Balaban J connectivity index is 2.70. The van der Waals surface area contributed by atoms with E-state index in [2.05, 4.69) is 9.97 Å². The van der Waals surface area contributed by atoms with Crippen molar-refractivity contribution in [3.05, 3.63) is 39.5 Å². The van der Waals surface area contributed by atoms with Crippen LogP contribution in [0.2, 0.25) is 10.0 Å². The Morgan fingerprint density at radius 1 is 1.22 bits per heavy atom. The van der Waals surface area contributed by atoms with E-state index >= 15 is 0 Å². The molecule has 0 fully saturated rings. The first-order chi connectivity index (χ1) is 10.9. The Hall–Kier alpha value is -1.85. The summed E-state index contributed by atoms with van der Waals surface area (Å²) in [6.07, 6.45) is 0. The molecule has 0 radical (unpaired) electrons. The highest BCUT2D eigenvalue weighted by Crippen LogP contribution is 2.33. The summed E-state index contributed by atoms with van der Waals surface area (Å²) in [7, 11) is 0. The second-order valence-corrected chi connectivity index (χ2v) is 5.84. The largest absolute Gasteiger partial charge is 0.368 e. The normalized spacial score (nSPS) is 10.7. The first kappa shape index (κ1) is 17.5. The van der Waals surface area contributed by atoms with E-state index in [0.29, 0.717) is 45.6 Å². The Labute approximate surface area is 145 Å². The lowest BCUT2D eigenvalue weighted by atomic mass is 10.0. The number of benzene rings is 1. The van der Waals surface area contributed by atoms with Crippen molar-refractivity contribution in [2.24, 2.45) is 0 Å². The third kappa shape index (κ3) is 3.57. The van der Waals surface area contributed by atoms with Gasteiger partial charge in [-0.15, -0.1) is 0 Å². The maximum atomic E-state index is 12.8. The van der Waals surface area contributed by atoms with E-state index in [9.17, 15) is 4.79 Å². The van der Waals surface area contributed by atoms with Gasteiger partial charge in [0.15, 0.2) is 0 Å². The van der Waals surface area contributed by atoms with E-state index in [0.717, 1.165) is 0 Å². The molecule has 0 aliphatic rings. The summed E-state index contributed by atoms with van der Waals surface area (Å²) in [6, 6.07) is 5.03. The lowest BCUT2D eigenvalue weighted by molar-refractivity contribution is 0.0772. The Morgan fingerprint density at radius 3 is 2.43 bits per heavy atom. The molecule has 2 rings (SSSR count). The molecule has 0 unspecified atom stereocenters. The minimum absolute atomic E-state index is 0.0969. The number of halogens is 2. The van der Waals surface area contributed by atoms with Crippen molar-refractivity contribution in [3.8, 4) is 11.3 Å². The Bertz CT molecular complexity index is 745. The van der Waals surface area contributed by atoms with Crippen molar-refractivity contribution < 1.29 is 4.79 Å². The van der Waals surface area contributed by atoms with Gasteiger partial charge in [-0.05, 0) is 39.0 Å². The summed E-state index contributed by atoms with van der Waals surface area (Å²) >= 11 is 12.2. The lowest BCUT2D eigenvalue weighted by Crippen LogP contribution is -2.32. The van der Waals surface area contributed by atoms with E-state index in [1.165, 1.54) is 0 Å². The van der Waals surface area contributed by atoms with Gasteiger partial charge in [0, 0.05) is 23.7 Å². The fourth-order valence-electron chi connectivity index (χ4n) is 2.40. The van der Waals surface area contributed by atoms with E-state index < -0.39 is 0 Å². The van der Waals surface area contributed by atoms with Gasteiger partial charge in [-0.1, -0.05) is 23.2 Å². The highest BCUT2D eigenvalue weighted by Gasteiger charge is 2.24. The van der Waals surface area contributed by atoms with Crippen LogP contribution in [0, 0.1) is 6.92 Å². The maximum Gasteiger partial charge on any atom is 0.257 e. The average molecular weight is 353 g/mol. The summed E-state index contributed by atoms with van der Waals surface area (Å²) in [5.74, 6) is -0.0480. The summed E-state index contributed by atoms with van der Waals surface area (Å²) in [5.41, 5.74) is 7.73. The van der Waals surface area contributed by atoms with Crippen LogP contribution in [0.25, 0.3) is 11.3 Å². The van der Waals surface area contributed by atoms with Crippen molar-refractivity contribution in [1.82, 2.24) is 14.9 Å². The monoisotopic (exact) mass is 352 g/mol. The standard InChI is InChI=1S/C16H18Cl2N4O/c1-4-22(5-2)15(23)13-9(3)20-16(19)21-14(13)11-7-6-10(17)8-12(11)18/h6-8H,4-5H2,1-3H3,(H2,19,20,21). The molecule has 0 atom stereocenters.